The molecule has 0 radical (unpaired) electrons. The summed E-state index contributed by atoms with van der Waals surface area (Å²) in [6, 6.07) is 8.41. The van der Waals surface area contributed by atoms with Gasteiger partial charge in [-0.2, -0.15) is 0 Å². The van der Waals surface area contributed by atoms with Gasteiger partial charge in [0.05, 0.1) is 6.61 Å². The molecule has 1 saturated carbocycles. The molecule has 1 fully saturated rings. The van der Waals surface area contributed by atoms with Crippen LogP contribution < -0.4 is 4.74 Å². The SMILES string of the molecule is CN(C(=O)CC1CCOc2ccccc21)C1CCC(CO)CC1. The first-order valence-corrected chi connectivity index (χ1v) is 8.77. The largest absolute Gasteiger partial charge is 0.493 e. The Labute approximate surface area is 138 Å². The number of carbonyl (C=O) groups is 1. The molecule has 1 atom stereocenters. The molecule has 0 spiro atoms. The summed E-state index contributed by atoms with van der Waals surface area (Å²) in [7, 11) is 1.94. The van der Waals surface area contributed by atoms with Gasteiger partial charge in [0, 0.05) is 26.1 Å². The highest BCUT2D eigenvalue weighted by Crippen LogP contribution is 2.36. The predicted molar refractivity (Wildman–Crippen MR) is 89.5 cm³/mol. The predicted octanol–water partition coefficient (Wildman–Crippen LogP) is 2.95. The first kappa shape index (κ1) is 16.3. The molecule has 1 unspecified atom stereocenters. The van der Waals surface area contributed by atoms with Crippen LogP contribution in [0.5, 0.6) is 5.75 Å². The van der Waals surface area contributed by atoms with E-state index in [9.17, 15) is 9.90 Å². The Bertz CT molecular complexity index is 537. The summed E-state index contributed by atoms with van der Waals surface area (Å²) in [5, 5.41) is 9.24. The van der Waals surface area contributed by atoms with Crippen LogP contribution in [0, 0.1) is 5.92 Å². The summed E-state index contributed by atoms with van der Waals surface area (Å²) in [6.07, 6.45) is 5.55. The fraction of sp³-hybridized carbons (Fsp3) is 0.632. The van der Waals surface area contributed by atoms with Crippen LogP contribution in [0.1, 0.15) is 50.0 Å². The number of aliphatic hydroxyl groups excluding tert-OH is 1. The smallest absolute Gasteiger partial charge is 0.223 e. The lowest BCUT2D eigenvalue weighted by atomic mass is 9.85. The Kier molecular flexibility index (Phi) is 5.21. The van der Waals surface area contributed by atoms with E-state index in [2.05, 4.69) is 6.07 Å². The third-order valence-corrected chi connectivity index (χ3v) is 5.52. The third-order valence-electron chi connectivity index (χ3n) is 5.52. The minimum atomic E-state index is 0.235. The molecule has 2 aliphatic rings. The lowest BCUT2D eigenvalue weighted by Gasteiger charge is -2.35. The van der Waals surface area contributed by atoms with Gasteiger partial charge in [-0.1, -0.05) is 18.2 Å². The van der Waals surface area contributed by atoms with Gasteiger partial charge in [0.2, 0.25) is 5.91 Å². The van der Waals surface area contributed by atoms with Gasteiger partial charge in [-0.05, 0) is 55.6 Å². The van der Waals surface area contributed by atoms with Gasteiger partial charge in [0.25, 0.3) is 0 Å². The van der Waals surface area contributed by atoms with E-state index in [0.717, 1.165) is 37.9 Å². The molecule has 1 aliphatic carbocycles. The molecule has 0 bridgehead atoms. The standard InChI is InChI=1S/C19H27NO3/c1-20(16-8-6-14(13-21)7-9-16)19(22)12-15-10-11-23-18-5-3-2-4-17(15)18/h2-5,14-16,21H,6-13H2,1H3. The molecule has 0 saturated heterocycles. The van der Waals surface area contributed by atoms with Crippen molar-refractivity contribution in [2.75, 3.05) is 20.3 Å². The van der Waals surface area contributed by atoms with Gasteiger partial charge in [-0.3, -0.25) is 4.79 Å². The van der Waals surface area contributed by atoms with Gasteiger partial charge >= 0.3 is 0 Å². The first-order chi connectivity index (χ1) is 11.2. The van der Waals surface area contributed by atoms with Crippen molar-refractivity contribution in [2.45, 2.75) is 50.5 Å². The van der Waals surface area contributed by atoms with E-state index in [-0.39, 0.29) is 18.4 Å². The third kappa shape index (κ3) is 3.69. The van der Waals surface area contributed by atoms with Gasteiger partial charge in [0.1, 0.15) is 5.75 Å². The highest BCUT2D eigenvalue weighted by molar-refractivity contribution is 5.77. The summed E-state index contributed by atoms with van der Waals surface area (Å²) in [4.78, 5) is 14.7. The molecule has 1 aromatic rings. The summed E-state index contributed by atoms with van der Waals surface area (Å²) in [5.41, 5.74) is 1.17. The van der Waals surface area contributed by atoms with Gasteiger partial charge in [-0.25, -0.2) is 0 Å². The number of hydrogen-bond donors (Lipinski definition) is 1. The van der Waals surface area contributed by atoms with Crippen molar-refractivity contribution in [3.8, 4) is 5.75 Å². The van der Waals surface area contributed by atoms with Crippen molar-refractivity contribution < 1.29 is 14.6 Å². The van der Waals surface area contributed by atoms with E-state index < -0.39 is 0 Å². The van der Waals surface area contributed by atoms with E-state index >= 15 is 0 Å². The van der Waals surface area contributed by atoms with Crippen molar-refractivity contribution >= 4 is 5.91 Å². The van der Waals surface area contributed by atoms with Gasteiger partial charge in [-0.15, -0.1) is 0 Å². The molecule has 4 nitrogen and oxygen atoms in total. The molecule has 0 aromatic heterocycles. The van der Waals surface area contributed by atoms with E-state index in [1.54, 1.807) is 0 Å². The average Bonchev–Trinajstić information content (AvgIpc) is 2.61. The zero-order valence-corrected chi connectivity index (χ0v) is 13.9. The molecule has 1 N–H and O–H groups in total. The second-order valence-corrected chi connectivity index (χ2v) is 6.94. The Morgan fingerprint density at radius 3 is 2.70 bits per heavy atom. The van der Waals surface area contributed by atoms with Crippen molar-refractivity contribution in [1.29, 1.82) is 0 Å². The van der Waals surface area contributed by atoms with Crippen LogP contribution in [-0.4, -0.2) is 42.2 Å². The molecule has 1 aromatic carbocycles. The monoisotopic (exact) mass is 317 g/mol. The summed E-state index contributed by atoms with van der Waals surface area (Å²) in [5.74, 6) is 1.86. The minimum absolute atomic E-state index is 0.235. The number of carbonyl (C=O) groups excluding carboxylic acids is 1. The Morgan fingerprint density at radius 1 is 1.22 bits per heavy atom. The molecular formula is C19H27NO3. The molecular weight excluding hydrogens is 290 g/mol. The highest BCUT2D eigenvalue weighted by Gasteiger charge is 2.29. The quantitative estimate of drug-likeness (QED) is 0.929. The number of nitrogens with zero attached hydrogens (tertiary/aromatic N) is 1. The fourth-order valence-electron chi connectivity index (χ4n) is 3.90. The van der Waals surface area contributed by atoms with Crippen molar-refractivity contribution in [3.63, 3.8) is 0 Å². The number of ether oxygens (including phenoxy) is 1. The lowest BCUT2D eigenvalue weighted by molar-refractivity contribution is -0.133. The number of hydrogen-bond acceptors (Lipinski definition) is 3. The second kappa shape index (κ2) is 7.35. The summed E-state index contributed by atoms with van der Waals surface area (Å²) in [6.45, 7) is 0.976. The van der Waals surface area contributed by atoms with Crippen LogP contribution in [0.25, 0.3) is 0 Å². The van der Waals surface area contributed by atoms with Crippen LogP contribution in [0.2, 0.25) is 0 Å². The number of para-hydroxylation sites is 1. The van der Waals surface area contributed by atoms with E-state index in [0.29, 0.717) is 25.0 Å². The van der Waals surface area contributed by atoms with Crippen LogP contribution >= 0.6 is 0 Å². The maximum Gasteiger partial charge on any atom is 0.223 e. The zero-order valence-electron chi connectivity index (χ0n) is 13.9. The molecule has 1 aliphatic heterocycles. The molecule has 23 heavy (non-hydrogen) atoms. The second-order valence-electron chi connectivity index (χ2n) is 6.94. The minimum Gasteiger partial charge on any atom is -0.493 e. The summed E-state index contributed by atoms with van der Waals surface area (Å²) < 4.78 is 5.69. The first-order valence-electron chi connectivity index (χ1n) is 8.77. The van der Waals surface area contributed by atoms with Crippen LogP contribution in [0.3, 0.4) is 0 Å². The normalized spacial score (nSPS) is 27.0. The topological polar surface area (TPSA) is 49.8 Å². The van der Waals surface area contributed by atoms with Gasteiger partial charge in [0.15, 0.2) is 0 Å². The van der Waals surface area contributed by atoms with E-state index in [4.69, 9.17) is 4.74 Å². The Hall–Kier alpha value is -1.55. The average molecular weight is 317 g/mol. The molecule has 1 amide bonds. The summed E-state index contributed by atoms with van der Waals surface area (Å²) >= 11 is 0. The molecule has 3 rings (SSSR count). The number of aliphatic hydroxyl groups is 1. The maximum atomic E-state index is 12.7. The Morgan fingerprint density at radius 2 is 1.96 bits per heavy atom. The molecule has 1 heterocycles. The van der Waals surface area contributed by atoms with E-state index in [1.165, 1.54) is 5.56 Å². The number of benzene rings is 1. The number of amides is 1. The molecule has 4 heteroatoms. The van der Waals surface area contributed by atoms with Crippen molar-refractivity contribution in [3.05, 3.63) is 29.8 Å². The number of fused-ring (bicyclic) bond motifs is 1. The maximum absolute atomic E-state index is 12.7. The molecule has 126 valence electrons. The van der Waals surface area contributed by atoms with Crippen LogP contribution in [-0.2, 0) is 4.79 Å². The highest BCUT2D eigenvalue weighted by atomic mass is 16.5. The van der Waals surface area contributed by atoms with Crippen LogP contribution in [0.15, 0.2) is 24.3 Å². The Balaban J connectivity index is 1.59. The lowest BCUT2D eigenvalue weighted by Crippen LogP contribution is -2.40. The van der Waals surface area contributed by atoms with Crippen molar-refractivity contribution in [1.82, 2.24) is 4.90 Å². The van der Waals surface area contributed by atoms with Gasteiger partial charge < -0.3 is 14.7 Å². The van der Waals surface area contributed by atoms with Crippen molar-refractivity contribution in [2.24, 2.45) is 5.92 Å². The fourth-order valence-corrected chi connectivity index (χ4v) is 3.90. The number of rotatable bonds is 4. The zero-order chi connectivity index (χ0) is 16.2. The van der Waals surface area contributed by atoms with E-state index in [1.807, 2.05) is 30.1 Å². The van der Waals surface area contributed by atoms with Crippen LogP contribution in [0.4, 0.5) is 0 Å².